The molecule has 104 valence electrons. The SMILES string of the molecule is Cc1cnc2c(c1)nc(C(C)N)n2-c1ccc(C#N)cn1. The van der Waals surface area contributed by atoms with Gasteiger partial charge in [-0.1, -0.05) is 0 Å². The lowest BCUT2D eigenvalue weighted by Crippen LogP contribution is -2.13. The summed E-state index contributed by atoms with van der Waals surface area (Å²) in [6, 6.07) is 7.25. The first kappa shape index (κ1) is 13.2. The highest BCUT2D eigenvalue weighted by Crippen LogP contribution is 2.22. The van der Waals surface area contributed by atoms with Gasteiger partial charge in [-0.05, 0) is 37.6 Å². The molecule has 3 aromatic heterocycles. The van der Waals surface area contributed by atoms with E-state index in [1.54, 1.807) is 18.3 Å². The van der Waals surface area contributed by atoms with Crippen LogP contribution in [0.15, 0.2) is 30.6 Å². The Kier molecular flexibility index (Phi) is 3.12. The third-order valence-electron chi connectivity index (χ3n) is 3.17. The third-order valence-corrected chi connectivity index (χ3v) is 3.17. The smallest absolute Gasteiger partial charge is 0.165 e. The molecule has 0 radical (unpaired) electrons. The molecule has 3 heterocycles. The molecule has 6 heteroatoms. The Morgan fingerprint density at radius 3 is 2.71 bits per heavy atom. The molecule has 0 aromatic carbocycles. The highest BCUT2D eigenvalue weighted by molar-refractivity contribution is 5.74. The Bertz CT molecular complexity index is 839. The molecular weight excluding hydrogens is 264 g/mol. The van der Waals surface area contributed by atoms with Crippen molar-refractivity contribution in [3.63, 3.8) is 0 Å². The summed E-state index contributed by atoms with van der Waals surface area (Å²) in [4.78, 5) is 13.3. The van der Waals surface area contributed by atoms with Gasteiger partial charge in [0.25, 0.3) is 0 Å². The molecule has 21 heavy (non-hydrogen) atoms. The Labute approximate surface area is 121 Å². The van der Waals surface area contributed by atoms with Crippen LogP contribution in [-0.4, -0.2) is 19.5 Å². The zero-order valence-electron chi connectivity index (χ0n) is 11.8. The van der Waals surface area contributed by atoms with E-state index in [1.165, 1.54) is 6.20 Å². The van der Waals surface area contributed by atoms with E-state index >= 15 is 0 Å². The molecule has 0 aliphatic carbocycles. The van der Waals surface area contributed by atoms with E-state index in [9.17, 15) is 0 Å². The molecule has 0 saturated carbocycles. The molecule has 6 nitrogen and oxygen atoms in total. The second-order valence-corrected chi connectivity index (χ2v) is 4.97. The number of nitrogens with two attached hydrogens (primary N) is 1. The van der Waals surface area contributed by atoms with Crippen LogP contribution < -0.4 is 5.73 Å². The van der Waals surface area contributed by atoms with E-state index in [0.717, 1.165) is 11.1 Å². The summed E-state index contributed by atoms with van der Waals surface area (Å²) in [6.07, 6.45) is 3.31. The van der Waals surface area contributed by atoms with Crippen molar-refractivity contribution < 1.29 is 0 Å². The van der Waals surface area contributed by atoms with Crippen LogP contribution in [0.4, 0.5) is 0 Å². The average molecular weight is 278 g/mol. The fourth-order valence-corrected chi connectivity index (χ4v) is 2.20. The predicted molar refractivity (Wildman–Crippen MR) is 78.7 cm³/mol. The van der Waals surface area contributed by atoms with E-state index in [1.807, 2.05) is 24.5 Å². The zero-order chi connectivity index (χ0) is 15.0. The molecular formula is C15H14N6. The first-order valence-corrected chi connectivity index (χ1v) is 6.57. The number of pyridine rings is 2. The van der Waals surface area contributed by atoms with E-state index in [0.29, 0.717) is 22.9 Å². The minimum atomic E-state index is -0.253. The van der Waals surface area contributed by atoms with Crippen LogP contribution in [0.2, 0.25) is 0 Å². The van der Waals surface area contributed by atoms with Crippen LogP contribution >= 0.6 is 0 Å². The molecule has 0 bridgehead atoms. The number of hydrogen-bond acceptors (Lipinski definition) is 5. The molecule has 3 rings (SSSR count). The van der Waals surface area contributed by atoms with Crippen molar-refractivity contribution in [2.24, 2.45) is 5.73 Å². The second-order valence-electron chi connectivity index (χ2n) is 4.97. The van der Waals surface area contributed by atoms with Gasteiger partial charge in [-0.2, -0.15) is 5.26 Å². The van der Waals surface area contributed by atoms with Crippen molar-refractivity contribution in [2.75, 3.05) is 0 Å². The van der Waals surface area contributed by atoms with Gasteiger partial charge >= 0.3 is 0 Å². The average Bonchev–Trinajstić information content (AvgIpc) is 2.86. The highest BCUT2D eigenvalue weighted by atomic mass is 15.2. The molecule has 1 unspecified atom stereocenters. The number of nitriles is 1. The molecule has 0 aliphatic heterocycles. The molecule has 0 spiro atoms. The number of fused-ring (bicyclic) bond motifs is 1. The lowest BCUT2D eigenvalue weighted by Gasteiger charge is -2.09. The van der Waals surface area contributed by atoms with Gasteiger partial charge < -0.3 is 5.73 Å². The molecule has 0 saturated heterocycles. The fraction of sp³-hybridized carbons (Fsp3) is 0.200. The first-order valence-electron chi connectivity index (χ1n) is 6.57. The van der Waals surface area contributed by atoms with Crippen molar-refractivity contribution in [1.29, 1.82) is 5.26 Å². The summed E-state index contributed by atoms with van der Waals surface area (Å²) < 4.78 is 1.83. The van der Waals surface area contributed by atoms with Crippen LogP contribution in [-0.2, 0) is 0 Å². The Morgan fingerprint density at radius 1 is 1.29 bits per heavy atom. The lowest BCUT2D eigenvalue weighted by atomic mass is 10.3. The molecule has 0 amide bonds. The number of aryl methyl sites for hydroxylation is 1. The lowest BCUT2D eigenvalue weighted by molar-refractivity contribution is 0.719. The predicted octanol–water partition coefficient (Wildman–Crippen LogP) is 2.02. The number of imidazole rings is 1. The van der Waals surface area contributed by atoms with Crippen molar-refractivity contribution in [1.82, 2.24) is 19.5 Å². The van der Waals surface area contributed by atoms with Crippen LogP contribution in [0.25, 0.3) is 17.0 Å². The maximum absolute atomic E-state index is 8.86. The topological polar surface area (TPSA) is 93.4 Å². The van der Waals surface area contributed by atoms with Crippen molar-refractivity contribution in [3.05, 3.63) is 47.5 Å². The largest absolute Gasteiger partial charge is 0.322 e. The standard InChI is InChI=1S/C15H14N6/c1-9-5-12-15(19-7-9)21(14(20-12)10(2)17)13-4-3-11(6-16)8-18-13/h3-5,7-8,10H,17H2,1-2H3. The molecule has 1 atom stereocenters. The summed E-state index contributed by atoms with van der Waals surface area (Å²) in [5.41, 5.74) is 9.06. The van der Waals surface area contributed by atoms with Gasteiger partial charge in [0, 0.05) is 12.4 Å². The third kappa shape index (κ3) is 2.24. The van der Waals surface area contributed by atoms with Crippen molar-refractivity contribution in [2.45, 2.75) is 19.9 Å². The maximum Gasteiger partial charge on any atom is 0.165 e. The maximum atomic E-state index is 8.86. The summed E-state index contributed by atoms with van der Waals surface area (Å²) in [6.45, 7) is 3.84. The van der Waals surface area contributed by atoms with Gasteiger partial charge in [-0.3, -0.25) is 4.57 Å². The van der Waals surface area contributed by atoms with Gasteiger partial charge in [0.2, 0.25) is 0 Å². The first-order chi connectivity index (χ1) is 10.1. The number of rotatable bonds is 2. The number of hydrogen-bond donors (Lipinski definition) is 1. The van der Waals surface area contributed by atoms with Crippen molar-refractivity contribution in [3.8, 4) is 11.9 Å². The van der Waals surface area contributed by atoms with Gasteiger partial charge in [-0.15, -0.1) is 0 Å². The summed E-state index contributed by atoms with van der Waals surface area (Å²) in [5, 5.41) is 8.86. The van der Waals surface area contributed by atoms with E-state index in [-0.39, 0.29) is 6.04 Å². The quantitative estimate of drug-likeness (QED) is 0.774. The van der Waals surface area contributed by atoms with E-state index < -0.39 is 0 Å². The number of nitrogens with zero attached hydrogens (tertiary/aromatic N) is 5. The van der Waals surface area contributed by atoms with Gasteiger partial charge in [-0.25, -0.2) is 15.0 Å². The Balaban J connectivity index is 2.28. The monoisotopic (exact) mass is 278 g/mol. The zero-order valence-corrected chi connectivity index (χ0v) is 11.8. The summed E-state index contributed by atoms with van der Waals surface area (Å²) in [5.74, 6) is 1.35. The normalized spacial score (nSPS) is 12.3. The van der Waals surface area contributed by atoms with Crippen molar-refractivity contribution >= 4 is 11.2 Å². The highest BCUT2D eigenvalue weighted by Gasteiger charge is 2.17. The second kappa shape index (κ2) is 4.96. The number of aromatic nitrogens is 4. The minimum Gasteiger partial charge on any atom is -0.322 e. The van der Waals surface area contributed by atoms with Gasteiger partial charge in [0.1, 0.15) is 23.2 Å². The molecule has 0 aliphatic rings. The minimum absolute atomic E-state index is 0.253. The fourth-order valence-electron chi connectivity index (χ4n) is 2.20. The summed E-state index contributed by atoms with van der Waals surface area (Å²) in [7, 11) is 0. The van der Waals surface area contributed by atoms with E-state index in [2.05, 4.69) is 21.0 Å². The Morgan fingerprint density at radius 2 is 2.10 bits per heavy atom. The van der Waals surface area contributed by atoms with Crippen LogP contribution in [0.5, 0.6) is 0 Å². The van der Waals surface area contributed by atoms with Gasteiger partial charge in [0.15, 0.2) is 5.65 Å². The molecule has 0 fully saturated rings. The van der Waals surface area contributed by atoms with Crippen LogP contribution in [0.3, 0.4) is 0 Å². The molecule has 2 N–H and O–H groups in total. The van der Waals surface area contributed by atoms with Gasteiger partial charge in [0.05, 0.1) is 11.6 Å². The summed E-state index contributed by atoms with van der Waals surface area (Å²) >= 11 is 0. The Hall–Kier alpha value is -2.78. The van der Waals surface area contributed by atoms with Crippen LogP contribution in [0.1, 0.15) is 29.9 Å². The van der Waals surface area contributed by atoms with E-state index in [4.69, 9.17) is 11.0 Å². The molecule has 3 aromatic rings. The van der Waals surface area contributed by atoms with Crippen LogP contribution in [0, 0.1) is 18.3 Å².